The number of nitrogens with one attached hydrogen (secondary N) is 1. The Morgan fingerprint density at radius 1 is 1.35 bits per heavy atom. The van der Waals surface area contributed by atoms with Crippen molar-refractivity contribution in [1.82, 2.24) is 5.32 Å². The van der Waals surface area contributed by atoms with Crippen LogP contribution in [0.3, 0.4) is 0 Å². The largest absolute Gasteiger partial charge is 0.360 e. The highest BCUT2D eigenvalue weighted by molar-refractivity contribution is 5.56. The van der Waals surface area contributed by atoms with Gasteiger partial charge in [-0.1, -0.05) is 19.8 Å². The number of hydrogen-bond donors (Lipinski definition) is 1. The fourth-order valence-electron chi connectivity index (χ4n) is 2.30. The Labute approximate surface area is 122 Å². The summed E-state index contributed by atoms with van der Waals surface area (Å²) in [5, 5.41) is 3.41. The highest BCUT2D eigenvalue weighted by Gasteiger charge is 2.15. The van der Waals surface area contributed by atoms with Crippen LogP contribution in [0.5, 0.6) is 0 Å². The summed E-state index contributed by atoms with van der Waals surface area (Å²) in [6.07, 6.45) is 7.51. The summed E-state index contributed by atoms with van der Waals surface area (Å²) < 4.78 is 13.6. The van der Waals surface area contributed by atoms with E-state index < -0.39 is 0 Å². The van der Waals surface area contributed by atoms with Crippen molar-refractivity contribution < 1.29 is 4.39 Å². The molecule has 0 aliphatic carbocycles. The molecule has 0 fully saturated rings. The molecule has 0 bridgehead atoms. The molecule has 2 nitrogen and oxygen atoms in total. The molecule has 1 aromatic rings. The van der Waals surface area contributed by atoms with E-state index >= 15 is 0 Å². The highest BCUT2D eigenvalue weighted by atomic mass is 19.1. The number of nitrogens with zero attached hydrogens (tertiary/aromatic N) is 1. The van der Waals surface area contributed by atoms with Crippen LogP contribution in [0.4, 0.5) is 10.1 Å². The van der Waals surface area contributed by atoms with Gasteiger partial charge in [-0.2, -0.15) is 0 Å². The van der Waals surface area contributed by atoms with E-state index in [1.807, 2.05) is 6.07 Å². The Morgan fingerprint density at radius 3 is 2.70 bits per heavy atom. The van der Waals surface area contributed by atoms with Gasteiger partial charge in [-0.05, 0) is 50.1 Å². The van der Waals surface area contributed by atoms with E-state index in [-0.39, 0.29) is 11.9 Å². The lowest BCUT2D eigenvalue weighted by Crippen LogP contribution is -2.28. The average molecular weight is 276 g/mol. The molecule has 1 unspecified atom stereocenters. The predicted molar refractivity (Wildman–Crippen MR) is 84.4 cm³/mol. The monoisotopic (exact) mass is 276 g/mol. The van der Waals surface area contributed by atoms with Gasteiger partial charge in [0.25, 0.3) is 0 Å². The van der Waals surface area contributed by atoms with Crippen LogP contribution < -0.4 is 10.2 Å². The first-order valence-corrected chi connectivity index (χ1v) is 7.35. The zero-order valence-corrected chi connectivity index (χ0v) is 12.7. The second-order valence-corrected chi connectivity index (χ2v) is 5.00. The van der Waals surface area contributed by atoms with Gasteiger partial charge in [0.15, 0.2) is 0 Å². The Morgan fingerprint density at radius 2 is 2.10 bits per heavy atom. The lowest BCUT2D eigenvalue weighted by atomic mass is 10.0. The van der Waals surface area contributed by atoms with Gasteiger partial charge in [0, 0.05) is 18.3 Å². The quantitative estimate of drug-likeness (QED) is 0.728. The number of rotatable bonds is 8. The number of halogens is 1. The normalized spacial score (nSPS) is 11.9. The van der Waals surface area contributed by atoms with E-state index in [1.165, 1.54) is 6.07 Å². The van der Waals surface area contributed by atoms with E-state index in [0.29, 0.717) is 6.54 Å². The van der Waals surface area contributed by atoms with Crippen molar-refractivity contribution in [2.45, 2.75) is 39.7 Å². The van der Waals surface area contributed by atoms with Crippen LogP contribution in [-0.2, 0) is 0 Å². The van der Waals surface area contributed by atoms with Crippen LogP contribution in [0.2, 0.25) is 0 Å². The van der Waals surface area contributed by atoms with Crippen molar-refractivity contribution in [3.05, 3.63) is 29.6 Å². The average Bonchev–Trinajstić information content (AvgIpc) is 2.44. The third-order valence-corrected chi connectivity index (χ3v) is 3.27. The van der Waals surface area contributed by atoms with Gasteiger partial charge in [0.05, 0.1) is 6.54 Å². The fourth-order valence-corrected chi connectivity index (χ4v) is 2.30. The van der Waals surface area contributed by atoms with Crippen molar-refractivity contribution in [2.24, 2.45) is 0 Å². The van der Waals surface area contributed by atoms with Crippen LogP contribution in [-0.4, -0.2) is 19.6 Å². The van der Waals surface area contributed by atoms with Gasteiger partial charge >= 0.3 is 0 Å². The summed E-state index contributed by atoms with van der Waals surface area (Å²) in [6.45, 7) is 8.64. The molecular formula is C17H25FN2. The number of hydrogen-bond acceptors (Lipinski definition) is 2. The molecule has 3 heteroatoms. The third kappa shape index (κ3) is 4.54. The van der Waals surface area contributed by atoms with E-state index in [0.717, 1.165) is 37.2 Å². The van der Waals surface area contributed by atoms with E-state index in [1.54, 1.807) is 6.07 Å². The van der Waals surface area contributed by atoms with E-state index in [4.69, 9.17) is 6.42 Å². The van der Waals surface area contributed by atoms with Crippen LogP contribution in [0.15, 0.2) is 18.2 Å². The second kappa shape index (κ2) is 8.60. The lowest BCUT2D eigenvalue weighted by Gasteiger charge is -2.27. The topological polar surface area (TPSA) is 15.3 Å². The Balaban J connectivity index is 3.07. The SMILES string of the molecule is C#CCN(CCC)c1ccc(F)cc1C(C)NCCC. The molecule has 0 aromatic heterocycles. The molecule has 0 radical (unpaired) electrons. The molecule has 1 atom stereocenters. The van der Waals surface area contributed by atoms with Gasteiger partial charge in [-0.3, -0.25) is 0 Å². The minimum Gasteiger partial charge on any atom is -0.360 e. The molecular weight excluding hydrogens is 251 g/mol. The summed E-state index contributed by atoms with van der Waals surface area (Å²) in [6, 6.07) is 5.06. The van der Waals surface area contributed by atoms with Gasteiger partial charge < -0.3 is 10.2 Å². The highest BCUT2D eigenvalue weighted by Crippen LogP contribution is 2.27. The minimum absolute atomic E-state index is 0.109. The molecule has 0 saturated heterocycles. The molecule has 1 N–H and O–H groups in total. The van der Waals surface area contributed by atoms with E-state index in [9.17, 15) is 4.39 Å². The number of benzene rings is 1. The maximum absolute atomic E-state index is 13.6. The standard InChI is InChI=1S/C17H25FN2/c1-5-10-19-14(4)16-13-15(18)8-9-17(16)20(11-6-2)12-7-3/h2,8-9,13-14,19H,5,7,10-12H2,1,3-4H3. The molecule has 0 spiro atoms. The van der Waals surface area contributed by atoms with Crippen molar-refractivity contribution >= 4 is 5.69 Å². The molecule has 1 rings (SSSR count). The lowest BCUT2D eigenvalue weighted by molar-refractivity contribution is 0.561. The van der Waals surface area contributed by atoms with Gasteiger partial charge in [-0.15, -0.1) is 6.42 Å². The van der Waals surface area contributed by atoms with Crippen LogP contribution in [0.1, 0.15) is 45.2 Å². The zero-order chi connectivity index (χ0) is 15.0. The van der Waals surface area contributed by atoms with Gasteiger partial charge in [0.2, 0.25) is 0 Å². The molecule has 1 aromatic carbocycles. The smallest absolute Gasteiger partial charge is 0.123 e. The molecule has 0 amide bonds. The van der Waals surface area contributed by atoms with Gasteiger partial charge in [-0.25, -0.2) is 4.39 Å². The Bertz CT molecular complexity index is 451. The Hall–Kier alpha value is -1.53. The number of terminal acetylenes is 1. The van der Waals surface area contributed by atoms with Crippen LogP contribution in [0.25, 0.3) is 0 Å². The molecule has 0 aliphatic rings. The van der Waals surface area contributed by atoms with Crippen molar-refractivity contribution in [2.75, 3.05) is 24.5 Å². The maximum Gasteiger partial charge on any atom is 0.123 e. The first kappa shape index (κ1) is 16.5. The molecule has 0 saturated carbocycles. The summed E-state index contributed by atoms with van der Waals surface area (Å²) in [5.74, 6) is 2.48. The molecule has 0 heterocycles. The second-order valence-electron chi connectivity index (χ2n) is 5.00. The summed E-state index contributed by atoms with van der Waals surface area (Å²) in [5.41, 5.74) is 2.00. The molecule has 0 aliphatic heterocycles. The predicted octanol–water partition coefficient (Wildman–Crippen LogP) is 3.74. The summed E-state index contributed by atoms with van der Waals surface area (Å²) >= 11 is 0. The first-order chi connectivity index (χ1) is 9.63. The van der Waals surface area contributed by atoms with Crippen molar-refractivity contribution in [3.8, 4) is 12.3 Å². The van der Waals surface area contributed by atoms with Gasteiger partial charge in [0.1, 0.15) is 5.82 Å². The summed E-state index contributed by atoms with van der Waals surface area (Å²) in [7, 11) is 0. The maximum atomic E-state index is 13.6. The molecule has 110 valence electrons. The Kier molecular flexibility index (Phi) is 7.11. The van der Waals surface area contributed by atoms with Crippen LogP contribution >= 0.6 is 0 Å². The minimum atomic E-state index is -0.203. The third-order valence-electron chi connectivity index (χ3n) is 3.27. The van der Waals surface area contributed by atoms with Crippen molar-refractivity contribution in [3.63, 3.8) is 0 Å². The zero-order valence-electron chi connectivity index (χ0n) is 12.7. The first-order valence-electron chi connectivity index (χ1n) is 7.35. The van der Waals surface area contributed by atoms with Crippen LogP contribution in [0, 0.1) is 18.2 Å². The molecule has 20 heavy (non-hydrogen) atoms. The van der Waals surface area contributed by atoms with E-state index in [2.05, 4.69) is 36.9 Å². The fraction of sp³-hybridized carbons (Fsp3) is 0.529. The summed E-state index contributed by atoms with van der Waals surface area (Å²) in [4.78, 5) is 2.14. The van der Waals surface area contributed by atoms with Crippen molar-refractivity contribution in [1.29, 1.82) is 0 Å². The number of anilines is 1.